The molecule has 7 nitrogen and oxygen atoms in total. The van der Waals surface area contributed by atoms with Crippen LogP contribution in [0.15, 0.2) is 36.9 Å². The fourth-order valence-electron chi connectivity index (χ4n) is 1.89. The molecule has 0 saturated carbocycles. The highest BCUT2D eigenvalue weighted by Crippen LogP contribution is 2.15. The molecule has 0 spiro atoms. The van der Waals surface area contributed by atoms with E-state index in [9.17, 15) is 4.79 Å². The molecule has 21 heavy (non-hydrogen) atoms. The van der Waals surface area contributed by atoms with Crippen LogP contribution in [-0.4, -0.2) is 38.6 Å². The van der Waals surface area contributed by atoms with Crippen LogP contribution in [0.2, 0.25) is 0 Å². The van der Waals surface area contributed by atoms with Crippen LogP contribution < -0.4 is 10.6 Å². The number of rotatable bonds is 6. The molecule has 2 rings (SSSR count). The number of nitrogens with zero attached hydrogens (tertiary/aromatic N) is 3. The van der Waals surface area contributed by atoms with Gasteiger partial charge in [-0.2, -0.15) is 5.10 Å². The second kappa shape index (κ2) is 7.39. The molecule has 7 heteroatoms. The Morgan fingerprint density at radius 3 is 2.90 bits per heavy atom. The molecular weight excluding hydrogens is 270 g/mol. The molecule has 0 saturated heterocycles. The van der Waals surface area contributed by atoms with Crippen molar-refractivity contribution < 1.29 is 9.90 Å². The molecule has 0 aliphatic rings. The molecule has 2 amide bonds. The zero-order valence-electron chi connectivity index (χ0n) is 11.9. The third kappa shape index (κ3) is 4.28. The summed E-state index contributed by atoms with van der Waals surface area (Å²) in [6.45, 7) is 2.35. The van der Waals surface area contributed by atoms with Gasteiger partial charge in [-0.25, -0.2) is 14.5 Å². The number of nitrogens with one attached hydrogen (secondary N) is 2. The summed E-state index contributed by atoms with van der Waals surface area (Å²) in [4.78, 5) is 15.8. The Labute approximate surface area is 123 Å². The van der Waals surface area contributed by atoms with Crippen LogP contribution in [-0.2, 0) is 6.54 Å². The molecule has 1 unspecified atom stereocenters. The van der Waals surface area contributed by atoms with Gasteiger partial charge in [0.1, 0.15) is 12.7 Å². The lowest BCUT2D eigenvalue weighted by atomic mass is 10.2. The van der Waals surface area contributed by atoms with Gasteiger partial charge in [0.25, 0.3) is 0 Å². The van der Waals surface area contributed by atoms with Gasteiger partial charge in [-0.1, -0.05) is 25.1 Å². The lowest BCUT2D eigenvalue weighted by Gasteiger charge is -2.16. The van der Waals surface area contributed by atoms with Gasteiger partial charge in [0.2, 0.25) is 0 Å². The maximum Gasteiger partial charge on any atom is 0.319 e. The Morgan fingerprint density at radius 1 is 1.43 bits per heavy atom. The zero-order chi connectivity index (χ0) is 15.1. The van der Waals surface area contributed by atoms with E-state index >= 15 is 0 Å². The van der Waals surface area contributed by atoms with Crippen LogP contribution in [0.4, 0.5) is 10.5 Å². The van der Waals surface area contributed by atoms with E-state index in [1.165, 1.54) is 6.33 Å². The van der Waals surface area contributed by atoms with Gasteiger partial charge in [-0.3, -0.25) is 0 Å². The predicted molar refractivity (Wildman–Crippen MR) is 78.9 cm³/mol. The number of hydrogen-bond donors (Lipinski definition) is 3. The van der Waals surface area contributed by atoms with Crippen molar-refractivity contribution in [2.24, 2.45) is 0 Å². The van der Waals surface area contributed by atoms with Crippen LogP contribution in [0.1, 0.15) is 18.9 Å². The summed E-state index contributed by atoms with van der Waals surface area (Å²) < 4.78 is 1.68. The molecule has 112 valence electrons. The molecule has 3 N–H and O–H groups in total. The van der Waals surface area contributed by atoms with Crippen LogP contribution in [0, 0.1) is 0 Å². The van der Waals surface area contributed by atoms with Gasteiger partial charge in [0.05, 0.1) is 19.2 Å². The molecule has 0 fully saturated rings. The number of aliphatic hydroxyl groups is 1. The van der Waals surface area contributed by atoms with Gasteiger partial charge >= 0.3 is 6.03 Å². The third-order valence-electron chi connectivity index (χ3n) is 3.11. The number of aliphatic hydroxyl groups excluding tert-OH is 1. The molecule has 1 aromatic carbocycles. The highest BCUT2D eigenvalue weighted by Gasteiger charge is 2.11. The van der Waals surface area contributed by atoms with Crippen LogP contribution in [0.25, 0.3) is 0 Å². The first-order valence-corrected chi connectivity index (χ1v) is 6.81. The van der Waals surface area contributed by atoms with Crippen molar-refractivity contribution in [2.75, 3.05) is 11.9 Å². The summed E-state index contributed by atoms with van der Waals surface area (Å²) in [6, 6.07) is 6.92. The quantitative estimate of drug-likeness (QED) is 0.745. The fraction of sp³-hybridized carbons (Fsp3) is 0.357. The number of hydrogen-bond acceptors (Lipinski definition) is 4. The van der Waals surface area contributed by atoms with Gasteiger partial charge in [0, 0.05) is 5.69 Å². The number of amides is 2. The summed E-state index contributed by atoms with van der Waals surface area (Å²) >= 11 is 0. The summed E-state index contributed by atoms with van der Waals surface area (Å²) in [5, 5.41) is 18.7. The molecule has 1 atom stereocenters. The first-order chi connectivity index (χ1) is 10.2. The van der Waals surface area contributed by atoms with Crippen molar-refractivity contribution >= 4 is 11.7 Å². The van der Waals surface area contributed by atoms with Crippen molar-refractivity contribution in [2.45, 2.75) is 25.9 Å². The van der Waals surface area contributed by atoms with Crippen molar-refractivity contribution in [3.8, 4) is 0 Å². The van der Waals surface area contributed by atoms with Crippen molar-refractivity contribution in [3.05, 3.63) is 42.5 Å². The highest BCUT2D eigenvalue weighted by atomic mass is 16.3. The number of urea groups is 1. The Bertz CT molecular complexity index is 567. The number of benzene rings is 1. The lowest BCUT2D eigenvalue weighted by Crippen LogP contribution is -2.39. The van der Waals surface area contributed by atoms with Crippen LogP contribution in [0.5, 0.6) is 0 Å². The van der Waals surface area contributed by atoms with Gasteiger partial charge < -0.3 is 15.7 Å². The van der Waals surface area contributed by atoms with E-state index in [4.69, 9.17) is 5.11 Å². The maximum atomic E-state index is 11.9. The van der Waals surface area contributed by atoms with Crippen molar-refractivity contribution in [3.63, 3.8) is 0 Å². The first-order valence-electron chi connectivity index (χ1n) is 6.81. The van der Waals surface area contributed by atoms with E-state index in [0.29, 0.717) is 18.7 Å². The minimum Gasteiger partial charge on any atom is -0.394 e. The van der Waals surface area contributed by atoms with E-state index < -0.39 is 0 Å². The Morgan fingerprint density at radius 2 is 2.24 bits per heavy atom. The predicted octanol–water partition coefficient (Wildman–Crippen LogP) is 1.22. The number of anilines is 1. The standard InChI is InChI=1S/C14H19N5O2/c1-2-12(8-20)17-14(21)18-13-6-4-3-5-11(13)7-19-10-15-9-16-19/h3-6,9-10,12,20H,2,7-8H2,1H3,(H2,17,18,21). The average molecular weight is 289 g/mol. The topological polar surface area (TPSA) is 92.1 Å². The first kappa shape index (κ1) is 15.0. The maximum absolute atomic E-state index is 11.9. The molecule has 2 aromatic rings. The minimum absolute atomic E-state index is 0.0788. The summed E-state index contributed by atoms with van der Waals surface area (Å²) in [5.74, 6) is 0. The molecule has 1 aromatic heterocycles. The summed E-state index contributed by atoms with van der Waals surface area (Å²) in [6.07, 6.45) is 3.76. The summed E-state index contributed by atoms with van der Waals surface area (Å²) in [7, 11) is 0. The molecule has 0 bridgehead atoms. The van der Waals surface area contributed by atoms with Crippen LogP contribution >= 0.6 is 0 Å². The Kier molecular flexibility index (Phi) is 5.28. The monoisotopic (exact) mass is 289 g/mol. The molecular formula is C14H19N5O2. The number of para-hydroxylation sites is 1. The number of aromatic nitrogens is 3. The fourth-order valence-corrected chi connectivity index (χ4v) is 1.89. The van der Waals surface area contributed by atoms with E-state index in [-0.39, 0.29) is 18.7 Å². The Balaban J connectivity index is 2.04. The smallest absolute Gasteiger partial charge is 0.319 e. The number of carbonyl (C=O) groups excluding carboxylic acids is 1. The second-order valence-corrected chi connectivity index (χ2v) is 4.64. The normalized spacial score (nSPS) is 11.9. The van der Waals surface area contributed by atoms with Gasteiger partial charge in [-0.15, -0.1) is 0 Å². The second-order valence-electron chi connectivity index (χ2n) is 4.64. The van der Waals surface area contributed by atoms with E-state index in [1.54, 1.807) is 11.0 Å². The third-order valence-corrected chi connectivity index (χ3v) is 3.11. The van der Waals surface area contributed by atoms with E-state index in [0.717, 1.165) is 5.56 Å². The molecule has 0 aliphatic carbocycles. The van der Waals surface area contributed by atoms with Gasteiger partial charge in [-0.05, 0) is 18.1 Å². The van der Waals surface area contributed by atoms with E-state index in [1.807, 2.05) is 31.2 Å². The Hall–Kier alpha value is -2.41. The zero-order valence-corrected chi connectivity index (χ0v) is 11.9. The van der Waals surface area contributed by atoms with Gasteiger partial charge in [0.15, 0.2) is 0 Å². The molecule has 0 aliphatic heterocycles. The minimum atomic E-state index is -0.332. The SMILES string of the molecule is CCC(CO)NC(=O)Nc1ccccc1Cn1cncn1. The van der Waals surface area contributed by atoms with Crippen molar-refractivity contribution in [1.82, 2.24) is 20.1 Å². The highest BCUT2D eigenvalue weighted by molar-refractivity contribution is 5.90. The molecule has 0 radical (unpaired) electrons. The average Bonchev–Trinajstić information content (AvgIpc) is 3.00. The van der Waals surface area contributed by atoms with Crippen molar-refractivity contribution in [1.29, 1.82) is 0 Å². The molecule has 1 heterocycles. The van der Waals surface area contributed by atoms with E-state index in [2.05, 4.69) is 20.7 Å². The summed E-state index contributed by atoms with van der Waals surface area (Å²) in [5.41, 5.74) is 1.63. The largest absolute Gasteiger partial charge is 0.394 e. The lowest BCUT2D eigenvalue weighted by molar-refractivity contribution is 0.222. The number of carbonyl (C=O) groups is 1. The van der Waals surface area contributed by atoms with Crippen LogP contribution in [0.3, 0.4) is 0 Å².